The molecule has 1 rings (SSSR count). The molecule has 1 atom stereocenters. The molecule has 0 amide bonds. The lowest BCUT2D eigenvalue weighted by Gasteiger charge is -2.26. The molecule has 0 aromatic rings. The second kappa shape index (κ2) is 5.73. The summed E-state index contributed by atoms with van der Waals surface area (Å²) in [6.07, 6.45) is 6.37. The van der Waals surface area contributed by atoms with Crippen LogP contribution in [0.2, 0.25) is 0 Å². The van der Waals surface area contributed by atoms with Crippen molar-refractivity contribution >= 4 is 10.8 Å². The molecule has 3 N–H and O–H groups in total. The predicted octanol–water partition coefficient (Wildman–Crippen LogP) is 0.224. The van der Waals surface area contributed by atoms with Gasteiger partial charge >= 0.3 is 0 Å². The largest absolute Gasteiger partial charge is 0.328 e. The topological polar surface area (TPSA) is 55.1 Å². The first kappa shape index (κ1) is 11.1. The van der Waals surface area contributed by atoms with Crippen LogP contribution in [-0.4, -0.2) is 34.8 Å². The minimum Gasteiger partial charge on any atom is -0.328 e. The van der Waals surface area contributed by atoms with E-state index in [1.807, 2.05) is 0 Å². The fourth-order valence-corrected chi connectivity index (χ4v) is 2.14. The van der Waals surface area contributed by atoms with Gasteiger partial charge < -0.3 is 11.1 Å². The highest BCUT2D eigenvalue weighted by atomic mass is 32.2. The molecule has 1 unspecified atom stereocenters. The van der Waals surface area contributed by atoms with Gasteiger partial charge in [-0.15, -0.1) is 0 Å². The smallest absolute Gasteiger partial charge is 0.0357 e. The summed E-state index contributed by atoms with van der Waals surface area (Å²) in [5, 5.41) is 3.42. The van der Waals surface area contributed by atoms with E-state index in [-0.39, 0.29) is 0 Å². The number of hydrogen-bond acceptors (Lipinski definition) is 3. The van der Waals surface area contributed by atoms with Gasteiger partial charge in [0.1, 0.15) is 0 Å². The van der Waals surface area contributed by atoms with E-state index >= 15 is 0 Å². The Morgan fingerprint density at radius 2 is 2.00 bits per heavy atom. The normalized spacial score (nSPS) is 31.5. The molecule has 1 fully saturated rings. The molecule has 0 heterocycles. The third kappa shape index (κ3) is 4.74. The van der Waals surface area contributed by atoms with Gasteiger partial charge in [-0.3, -0.25) is 4.21 Å². The fourth-order valence-electron chi connectivity index (χ4n) is 1.73. The van der Waals surface area contributed by atoms with Crippen molar-refractivity contribution in [2.24, 2.45) is 5.73 Å². The lowest BCUT2D eigenvalue weighted by molar-refractivity contribution is 0.348. The van der Waals surface area contributed by atoms with Crippen molar-refractivity contribution in [2.45, 2.75) is 37.8 Å². The van der Waals surface area contributed by atoms with Crippen LogP contribution in [0.15, 0.2) is 0 Å². The van der Waals surface area contributed by atoms with Crippen LogP contribution in [0, 0.1) is 0 Å². The summed E-state index contributed by atoms with van der Waals surface area (Å²) >= 11 is 0. The summed E-state index contributed by atoms with van der Waals surface area (Å²) in [5.74, 6) is 0.766. The first-order valence-corrected chi connectivity index (χ1v) is 6.70. The standard InChI is InChI=1S/C9H20N2OS/c1-13(12)7-6-11-9-4-2-8(10)3-5-9/h8-9,11H,2-7,10H2,1H3. The second-order valence-corrected chi connectivity index (χ2v) is 5.40. The summed E-state index contributed by atoms with van der Waals surface area (Å²) < 4.78 is 10.8. The lowest BCUT2D eigenvalue weighted by atomic mass is 9.92. The maximum atomic E-state index is 10.8. The minimum atomic E-state index is -0.664. The maximum Gasteiger partial charge on any atom is 0.0357 e. The van der Waals surface area contributed by atoms with E-state index in [1.54, 1.807) is 6.26 Å². The molecule has 78 valence electrons. The van der Waals surface area contributed by atoms with Crippen molar-refractivity contribution in [1.29, 1.82) is 0 Å². The zero-order valence-electron chi connectivity index (χ0n) is 8.29. The van der Waals surface area contributed by atoms with Crippen molar-refractivity contribution in [3.63, 3.8) is 0 Å². The monoisotopic (exact) mass is 204 g/mol. The summed E-state index contributed by atoms with van der Waals surface area (Å²) in [5.41, 5.74) is 5.80. The van der Waals surface area contributed by atoms with Gasteiger partial charge in [-0.05, 0) is 25.7 Å². The first-order valence-electron chi connectivity index (χ1n) is 4.97. The van der Waals surface area contributed by atoms with Crippen LogP contribution in [0.4, 0.5) is 0 Å². The van der Waals surface area contributed by atoms with Crippen molar-refractivity contribution in [2.75, 3.05) is 18.6 Å². The van der Waals surface area contributed by atoms with E-state index in [1.165, 1.54) is 12.8 Å². The molecule has 0 spiro atoms. The highest BCUT2D eigenvalue weighted by molar-refractivity contribution is 7.84. The summed E-state index contributed by atoms with van der Waals surface area (Å²) in [4.78, 5) is 0. The maximum absolute atomic E-state index is 10.8. The quantitative estimate of drug-likeness (QED) is 0.689. The van der Waals surface area contributed by atoms with Gasteiger partial charge in [0, 0.05) is 41.4 Å². The van der Waals surface area contributed by atoms with Crippen LogP contribution in [-0.2, 0) is 10.8 Å². The van der Waals surface area contributed by atoms with Gasteiger partial charge in [-0.1, -0.05) is 0 Å². The molecule has 0 aromatic heterocycles. The highest BCUT2D eigenvalue weighted by Gasteiger charge is 2.17. The Balaban J connectivity index is 2.05. The summed E-state index contributed by atoms with van der Waals surface area (Å²) in [6.45, 7) is 0.878. The third-order valence-corrected chi connectivity index (χ3v) is 3.37. The zero-order chi connectivity index (χ0) is 9.68. The number of rotatable bonds is 4. The Labute approximate surface area is 82.9 Å². The second-order valence-electron chi connectivity index (χ2n) is 3.84. The number of nitrogens with one attached hydrogen (secondary N) is 1. The number of nitrogens with two attached hydrogens (primary N) is 1. The van der Waals surface area contributed by atoms with Crippen LogP contribution in [0.1, 0.15) is 25.7 Å². The van der Waals surface area contributed by atoms with E-state index in [9.17, 15) is 4.21 Å². The van der Waals surface area contributed by atoms with Crippen molar-refractivity contribution in [3.05, 3.63) is 0 Å². The van der Waals surface area contributed by atoms with E-state index in [0.717, 1.165) is 25.1 Å². The molecular weight excluding hydrogens is 184 g/mol. The molecule has 0 aromatic carbocycles. The highest BCUT2D eigenvalue weighted by Crippen LogP contribution is 2.16. The molecule has 3 nitrogen and oxygen atoms in total. The molecule has 0 saturated heterocycles. The molecule has 0 bridgehead atoms. The molecule has 0 aliphatic heterocycles. The average molecular weight is 204 g/mol. The van der Waals surface area contributed by atoms with E-state index in [4.69, 9.17) is 5.73 Å². The lowest BCUT2D eigenvalue weighted by Crippen LogP contribution is -2.38. The molecule has 1 aliphatic carbocycles. The van der Waals surface area contributed by atoms with E-state index in [2.05, 4.69) is 5.32 Å². The Morgan fingerprint density at radius 3 is 2.54 bits per heavy atom. The van der Waals surface area contributed by atoms with Gasteiger partial charge in [-0.2, -0.15) is 0 Å². The van der Waals surface area contributed by atoms with Crippen LogP contribution < -0.4 is 11.1 Å². The SMILES string of the molecule is CS(=O)CCNC1CCC(N)CC1. The summed E-state index contributed by atoms with van der Waals surface area (Å²) in [6, 6.07) is 1.03. The van der Waals surface area contributed by atoms with Gasteiger partial charge in [0.15, 0.2) is 0 Å². The van der Waals surface area contributed by atoms with Gasteiger partial charge in [0.25, 0.3) is 0 Å². The third-order valence-electron chi connectivity index (χ3n) is 2.59. The Bertz CT molecular complexity index is 167. The zero-order valence-corrected chi connectivity index (χ0v) is 9.11. The van der Waals surface area contributed by atoms with Gasteiger partial charge in [-0.25, -0.2) is 0 Å². The van der Waals surface area contributed by atoms with Crippen LogP contribution in [0.3, 0.4) is 0 Å². The average Bonchev–Trinajstić information content (AvgIpc) is 2.08. The van der Waals surface area contributed by atoms with Crippen molar-refractivity contribution in [3.8, 4) is 0 Å². The molecule has 4 heteroatoms. The Morgan fingerprint density at radius 1 is 1.38 bits per heavy atom. The van der Waals surface area contributed by atoms with Crippen molar-refractivity contribution < 1.29 is 4.21 Å². The molecule has 1 aliphatic rings. The molecule has 1 saturated carbocycles. The van der Waals surface area contributed by atoms with Crippen molar-refractivity contribution in [1.82, 2.24) is 5.32 Å². The minimum absolute atomic E-state index is 0.415. The first-order chi connectivity index (χ1) is 6.18. The predicted molar refractivity (Wildman–Crippen MR) is 57.2 cm³/mol. The summed E-state index contributed by atoms with van der Waals surface area (Å²) in [7, 11) is -0.664. The van der Waals surface area contributed by atoms with Crippen LogP contribution in [0.5, 0.6) is 0 Å². The van der Waals surface area contributed by atoms with Gasteiger partial charge in [0.2, 0.25) is 0 Å². The molecule has 13 heavy (non-hydrogen) atoms. The van der Waals surface area contributed by atoms with Gasteiger partial charge in [0.05, 0.1) is 0 Å². The fraction of sp³-hybridized carbons (Fsp3) is 1.00. The molecule has 0 radical (unpaired) electrons. The Hall–Kier alpha value is 0.0700. The number of hydrogen-bond donors (Lipinski definition) is 2. The van der Waals surface area contributed by atoms with E-state index in [0.29, 0.717) is 12.1 Å². The van der Waals surface area contributed by atoms with Crippen LogP contribution in [0.25, 0.3) is 0 Å². The van der Waals surface area contributed by atoms with Crippen LogP contribution >= 0.6 is 0 Å². The van der Waals surface area contributed by atoms with E-state index < -0.39 is 10.8 Å². The molecular formula is C9H20N2OS. The Kier molecular flexibility index (Phi) is 4.91.